The van der Waals surface area contributed by atoms with Gasteiger partial charge in [-0.2, -0.15) is 0 Å². The minimum absolute atomic E-state index is 0.0556. The zero-order valence-corrected chi connectivity index (χ0v) is 8.09. The third kappa shape index (κ3) is 1.15. The Morgan fingerprint density at radius 3 is 2.79 bits per heavy atom. The summed E-state index contributed by atoms with van der Waals surface area (Å²) in [5.74, 6) is -0.255. The fraction of sp³-hybridized carbons (Fsp3) is 0.300. The quantitative estimate of drug-likeness (QED) is 0.571. The van der Waals surface area contributed by atoms with Crippen molar-refractivity contribution in [3.8, 4) is 5.75 Å². The van der Waals surface area contributed by atoms with Crippen LogP contribution in [0, 0.1) is 0 Å². The topological polar surface area (TPSA) is 61.4 Å². The van der Waals surface area contributed by atoms with E-state index in [1.54, 1.807) is 18.2 Å². The van der Waals surface area contributed by atoms with Gasteiger partial charge in [-0.05, 0) is 19.9 Å². The van der Waals surface area contributed by atoms with E-state index < -0.39 is 5.54 Å². The molecule has 1 heterocycles. The first-order valence-corrected chi connectivity index (χ1v) is 4.42. The van der Waals surface area contributed by atoms with Crippen LogP contribution in [-0.2, 0) is 5.54 Å². The van der Waals surface area contributed by atoms with Crippen LogP contribution in [0.1, 0.15) is 29.8 Å². The van der Waals surface area contributed by atoms with E-state index in [9.17, 15) is 9.90 Å². The zero-order chi connectivity index (χ0) is 10.3. The molecule has 1 aliphatic rings. The van der Waals surface area contributed by atoms with Crippen LogP contribution in [0.2, 0.25) is 0 Å². The highest BCUT2D eigenvalue weighted by Crippen LogP contribution is 2.32. The number of amides is 1. The van der Waals surface area contributed by atoms with Gasteiger partial charge >= 0.3 is 0 Å². The molecular formula is C10H12N2O2. The van der Waals surface area contributed by atoms with Crippen molar-refractivity contribution in [2.45, 2.75) is 19.4 Å². The van der Waals surface area contributed by atoms with Gasteiger partial charge in [-0.15, -0.1) is 0 Å². The van der Waals surface area contributed by atoms with Crippen LogP contribution in [0.15, 0.2) is 18.2 Å². The first-order chi connectivity index (χ1) is 6.52. The van der Waals surface area contributed by atoms with E-state index >= 15 is 0 Å². The number of carbonyl (C=O) groups is 1. The van der Waals surface area contributed by atoms with Gasteiger partial charge < -0.3 is 5.11 Å². The molecule has 0 atom stereocenters. The number of para-hydroxylation sites is 1. The Morgan fingerprint density at radius 1 is 1.36 bits per heavy atom. The number of nitrogens with one attached hydrogen (secondary N) is 2. The number of hydrogen-bond acceptors (Lipinski definition) is 3. The summed E-state index contributed by atoms with van der Waals surface area (Å²) < 4.78 is 0. The van der Waals surface area contributed by atoms with E-state index in [0.29, 0.717) is 11.1 Å². The van der Waals surface area contributed by atoms with Gasteiger partial charge in [0.2, 0.25) is 0 Å². The smallest absolute Gasteiger partial charge is 0.269 e. The fourth-order valence-corrected chi connectivity index (χ4v) is 1.58. The Bertz CT molecular complexity index is 399. The molecule has 0 spiro atoms. The van der Waals surface area contributed by atoms with Crippen LogP contribution in [0.25, 0.3) is 0 Å². The lowest BCUT2D eigenvalue weighted by molar-refractivity contribution is 0.0916. The number of phenolic OH excluding ortho intramolecular Hbond substituents is 1. The van der Waals surface area contributed by atoms with Gasteiger partial charge in [0, 0.05) is 5.56 Å². The number of hydrogen-bond donors (Lipinski definition) is 3. The number of hydrazine groups is 1. The number of aromatic hydroxyl groups is 1. The lowest BCUT2D eigenvalue weighted by Gasteiger charge is -2.24. The SMILES string of the molecule is CC1(C)NNC(=O)c2cccc1c2O. The van der Waals surface area contributed by atoms with Gasteiger partial charge in [-0.3, -0.25) is 10.2 Å². The molecule has 1 aromatic rings. The highest BCUT2D eigenvalue weighted by Gasteiger charge is 2.30. The summed E-state index contributed by atoms with van der Waals surface area (Å²) in [5, 5.41) is 9.83. The lowest BCUT2D eigenvalue weighted by Crippen LogP contribution is -2.46. The van der Waals surface area contributed by atoms with Gasteiger partial charge in [0.05, 0.1) is 11.1 Å². The monoisotopic (exact) mass is 192 g/mol. The van der Waals surface area contributed by atoms with Gasteiger partial charge in [0.15, 0.2) is 0 Å². The summed E-state index contributed by atoms with van der Waals surface area (Å²) >= 11 is 0. The standard InChI is InChI=1S/C10H12N2O2/c1-10(2)7-5-3-4-6(8(7)13)9(14)11-12-10/h3-5,12-13H,1-2H3,(H,11,14). The van der Waals surface area contributed by atoms with Gasteiger partial charge in [0.1, 0.15) is 5.75 Å². The first-order valence-electron chi connectivity index (χ1n) is 4.42. The average molecular weight is 192 g/mol. The van der Waals surface area contributed by atoms with E-state index in [1.165, 1.54) is 0 Å². The van der Waals surface area contributed by atoms with Crippen LogP contribution in [-0.4, -0.2) is 11.0 Å². The second-order valence-electron chi connectivity index (χ2n) is 3.91. The van der Waals surface area contributed by atoms with Gasteiger partial charge in [-0.25, -0.2) is 5.43 Å². The molecule has 3 N–H and O–H groups in total. The molecule has 4 nitrogen and oxygen atoms in total. The lowest BCUT2D eigenvalue weighted by atomic mass is 9.93. The minimum atomic E-state index is -0.466. The highest BCUT2D eigenvalue weighted by molar-refractivity contribution is 5.97. The molecule has 1 amide bonds. The number of phenols is 1. The van der Waals surface area contributed by atoms with Crippen molar-refractivity contribution in [2.24, 2.45) is 0 Å². The molecule has 14 heavy (non-hydrogen) atoms. The summed E-state index contributed by atoms with van der Waals surface area (Å²) in [7, 11) is 0. The fourth-order valence-electron chi connectivity index (χ4n) is 1.58. The zero-order valence-electron chi connectivity index (χ0n) is 8.09. The van der Waals surface area contributed by atoms with Crippen molar-refractivity contribution in [1.29, 1.82) is 0 Å². The Morgan fingerprint density at radius 2 is 2.07 bits per heavy atom. The maximum absolute atomic E-state index is 11.5. The highest BCUT2D eigenvalue weighted by atomic mass is 16.3. The Balaban J connectivity index is 2.69. The second kappa shape index (κ2) is 2.72. The maximum atomic E-state index is 11.5. The maximum Gasteiger partial charge on any atom is 0.269 e. The van der Waals surface area contributed by atoms with Crippen LogP contribution < -0.4 is 10.9 Å². The summed E-state index contributed by atoms with van der Waals surface area (Å²) in [6, 6.07) is 5.15. The molecule has 0 radical (unpaired) electrons. The molecule has 0 aromatic heterocycles. The number of fused-ring (bicyclic) bond motifs is 2. The Hall–Kier alpha value is -1.55. The van der Waals surface area contributed by atoms with Crippen molar-refractivity contribution < 1.29 is 9.90 Å². The van der Waals surface area contributed by atoms with Crippen LogP contribution in [0.5, 0.6) is 5.75 Å². The molecule has 0 aliphatic carbocycles. The second-order valence-corrected chi connectivity index (χ2v) is 3.91. The van der Waals surface area contributed by atoms with Crippen LogP contribution >= 0.6 is 0 Å². The summed E-state index contributed by atoms with van der Waals surface area (Å²) in [5.41, 5.74) is 5.96. The van der Waals surface area contributed by atoms with Crippen LogP contribution in [0.4, 0.5) is 0 Å². The molecule has 2 bridgehead atoms. The molecular weight excluding hydrogens is 180 g/mol. The van der Waals surface area contributed by atoms with Gasteiger partial charge in [0.25, 0.3) is 5.91 Å². The van der Waals surface area contributed by atoms with Crippen molar-refractivity contribution >= 4 is 5.91 Å². The van der Waals surface area contributed by atoms with Gasteiger partial charge in [-0.1, -0.05) is 12.1 Å². The molecule has 0 unspecified atom stereocenters. The van der Waals surface area contributed by atoms with E-state index in [2.05, 4.69) is 10.9 Å². The molecule has 0 saturated heterocycles. The van der Waals surface area contributed by atoms with E-state index in [4.69, 9.17) is 0 Å². The number of rotatable bonds is 0. The minimum Gasteiger partial charge on any atom is -0.507 e. The van der Waals surface area contributed by atoms with Crippen molar-refractivity contribution in [3.63, 3.8) is 0 Å². The van der Waals surface area contributed by atoms with Crippen molar-refractivity contribution in [2.75, 3.05) is 0 Å². The van der Waals surface area contributed by atoms with Crippen molar-refractivity contribution in [3.05, 3.63) is 29.3 Å². The third-order valence-corrected chi connectivity index (χ3v) is 2.44. The van der Waals surface area contributed by atoms with E-state index in [1.807, 2.05) is 13.8 Å². The molecule has 2 rings (SSSR count). The predicted molar refractivity (Wildman–Crippen MR) is 51.7 cm³/mol. The largest absolute Gasteiger partial charge is 0.507 e. The molecule has 1 aromatic carbocycles. The molecule has 0 saturated carbocycles. The normalized spacial score (nSPS) is 18.6. The molecule has 74 valence electrons. The summed E-state index contributed by atoms with van der Waals surface area (Å²) in [4.78, 5) is 11.5. The summed E-state index contributed by atoms with van der Waals surface area (Å²) in [6.45, 7) is 3.77. The summed E-state index contributed by atoms with van der Waals surface area (Å²) in [6.07, 6.45) is 0. The molecule has 4 heteroatoms. The predicted octanol–water partition coefficient (Wildman–Crippen LogP) is 0.875. The molecule has 1 aliphatic heterocycles. The number of benzene rings is 1. The Labute approximate surface area is 81.9 Å². The van der Waals surface area contributed by atoms with Crippen LogP contribution in [0.3, 0.4) is 0 Å². The first kappa shape index (κ1) is 9.02. The van der Waals surface area contributed by atoms with E-state index in [-0.39, 0.29) is 11.7 Å². The Kier molecular flexibility index (Phi) is 1.75. The average Bonchev–Trinajstić information content (AvgIpc) is 2.20. The molecule has 0 fully saturated rings. The van der Waals surface area contributed by atoms with Crippen molar-refractivity contribution in [1.82, 2.24) is 10.9 Å². The third-order valence-electron chi connectivity index (χ3n) is 2.44. The number of carbonyl (C=O) groups excluding carboxylic acids is 1. The van der Waals surface area contributed by atoms with E-state index in [0.717, 1.165) is 0 Å².